The normalized spacial score (nSPS) is 14.6. The molecule has 1 rings (SSSR count). The molecule has 1 aromatic rings. The molecule has 0 bridgehead atoms. The van der Waals surface area contributed by atoms with Gasteiger partial charge in [-0.2, -0.15) is 0 Å². The van der Waals surface area contributed by atoms with Crippen LogP contribution in [0.5, 0.6) is 0 Å². The lowest BCUT2D eigenvalue weighted by atomic mass is 10.0. The van der Waals surface area contributed by atoms with Gasteiger partial charge in [0, 0.05) is 24.5 Å². The molecular formula is C14H25N3O. The number of rotatable bonds is 6. The molecule has 4 nitrogen and oxygen atoms in total. The maximum atomic E-state index is 12.1. The van der Waals surface area contributed by atoms with Crippen LogP contribution < -0.4 is 10.9 Å². The molecule has 1 N–H and O–H groups in total. The van der Waals surface area contributed by atoms with Gasteiger partial charge in [0.25, 0.3) is 5.56 Å². The van der Waals surface area contributed by atoms with E-state index in [1.807, 2.05) is 13.8 Å². The van der Waals surface area contributed by atoms with Gasteiger partial charge in [-0.25, -0.2) is 4.98 Å². The average Bonchev–Trinajstić information content (AvgIpc) is 2.31. The predicted octanol–water partition coefficient (Wildman–Crippen LogP) is 3.06. The fraction of sp³-hybridized carbons (Fsp3) is 0.714. The molecule has 4 heteroatoms. The van der Waals surface area contributed by atoms with E-state index in [0.29, 0.717) is 11.7 Å². The van der Waals surface area contributed by atoms with Crippen molar-refractivity contribution < 1.29 is 0 Å². The topological polar surface area (TPSA) is 46.9 Å². The Balaban J connectivity index is 2.79. The average molecular weight is 251 g/mol. The molecule has 0 amide bonds. The molecule has 0 saturated heterocycles. The fourth-order valence-electron chi connectivity index (χ4n) is 1.99. The van der Waals surface area contributed by atoms with Crippen LogP contribution in [0.3, 0.4) is 0 Å². The molecule has 0 aliphatic rings. The van der Waals surface area contributed by atoms with Crippen LogP contribution in [0.1, 0.15) is 53.5 Å². The Kier molecular flexibility index (Phi) is 5.38. The molecule has 2 unspecified atom stereocenters. The van der Waals surface area contributed by atoms with E-state index in [0.717, 1.165) is 12.8 Å². The van der Waals surface area contributed by atoms with Crippen molar-refractivity contribution in [3.8, 4) is 0 Å². The Morgan fingerprint density at radius 2 is 2.00 bits per heavy atom. The quantitative estimate of drug-likeness (QED) is 0.845. The highest BCUT2D eigenvalue weighted by Crippen LogP contribution is 2.12. The lowest BCUT2D eigenvalue weighted by molar-refractivity contribution is 0.482. The summed E-state index contributed by atoms with van der Waals surface area (Å²) < 4.78 is 1.70. The molecule has 1 heterocycles. The Labute approximate surface area is 109 Å². The van der Waals surface area contributed by atoms with E-state index in [9.17, 15) is 4.79 Å². The second-order valence-corrected chi connectivity index (χ2v) is 5.38. The van der Waals surface area contributed by atoms with Gasteiger partial charge < -0.3 is 9.88 Å². The van der Waals surface area contributed by atoms with Crippen molar-refractivity contribution in [3.05, 3.63) is 22.7 Å². The van der Waals surface area contributed by atoms with Gasteiger partial charge in [0.1, 0.15) is 0 Å². The Bertz CT molecular complexity index is 425. The van der Waals surface area contributed by atoms with Crippen molar-refractivity contribution in [3.63, 3.8) is 0 Å². The third kappa shape index (κ3) is 3.86. The van der Waals surface area contributed by atoms with Gasteiger partial charge in [0.2, 0.25) is 0 Å². The minimum atomic E-state index is -0.0384. The zero-order valence-corrected chi connectivity index (χ0v) is 12.1. The van der Waals surface area contributed by atoms with Crippen LogP contribution in [-0.2, 0) is 0 Å². The third-order valence-corrected chi connectivity index (χ3v) is 3.26. The molecule has 102 valence electrons. The van der Waals surface area contributed by atoms with Crippen molar-refractivity contribution in [1.82, 2.24) is 9.55 Å². The number of nitrogens with zero attached hydrogens (tertiary/aromatic N) is 2. The summed E-state index contributed by atoms with van der Waals surface area (Å²) in [6, 6.07) is 0.425. The lowest BCUT2D eigenvalue weighted by Crippen LogP contribution is -2.29. The van der Waals surface area contributed by atoms with Gasteiger partial charge in [-0.05, 0) is 33.1 Å². The van der Waals surface area contributed by atoms with Crippen LogP contribution in [0.25, 0.3) is 0 Å². The predicted molar refractivity (Wildman–Crippen MR) is 76.0 cm³/mol. The SMILES string of the molecule is CCC(C)CC(C)Nc1nccn(C(C)C)c1=O. The highest BCUT2D eigenvalue weighted by atomic mass is 16.1. The van der Waals surface area contributed by atoms with E-state index in [2.05, 4.69) is 31.1 Å². The summed E-state index contributed by atoms with van der Waals surface area (Å²) in [6.45, 7) is 10.5. The second kappa shape index (κ2) is 6.57. The maximum Gasteiger partial charge on any atom is 0.293 e. The summed E-state index contributed by atoms with van der Waals surface area (Å²) >= 11 is 0. The molecule has 0 spiro atoms. The monoisotopic (exact) mass is 251 g/mol. The van der Waals surface area contributed by atoms with E-state index in [-0.39, 0.29) is 17.6 Å². The molecule has 18 heavy (non-hydrogen) atoms. The number of hydrogen-bond donors (Lipinski definition) is 1. The summed E-state index contributed by atoms with van der Waals surface area (Å²) in [5.41, 5.74) is -0.0384. The minimum absolute atomic E-state index is 0.0384. The molecule has 0 fully saturated rings. The molecule has 0 aliphatic heterocycles. The Morgan fingerprint density at radius 3 is 2.56 bits per heavy atom. The van der Waals surface area contributed by atoms with E-state index in [1.165, 1.54) is 0 Å². The zero-order chi connectivity index (χ0) is 13.7. The van der Waals surface area contributed by atoms with E-state index in [4.69, 9.17) is 0 Å². The molecular weight excluding hydrogens is 226 g/mol. The van der Waals surface area contributed by atoms with E-state index in [1.54, 1.807) is 17.0 Å². The number of anilines is 1. The van der Waals surface area contributed by atoms with Crippen LogP contribution in [0.15, 0.2) is 17.2 Å². The largest absolute Gasteiger partial charge is 0.363 e. The third-order valence-electron chi connectivity index (χ3n) is 3.26. The van der Waals surface area contributed by atoms with Crippen molar-refractivity contribution in [1.29, 1.82) is 0 Å². The summed E-state index contributed by atoms with van der Waals surface area (Å²) in [5, 5.41) is 3.23. The van der Waals surface area contributed by atoms with Crippen LogP contribution in [0, 0.1) is 5.92 Å². The van der Waals surface area contributed by atoms with Crippen LogP contribution in [0.2, 0.25) is 0 Å². The number of hydrogen-bond acceptors (Lipinski definition) is 3. The van der Waals surface area contributed by atoms with E-state index < -0.39 is 0 Å². The molecule has 0 radical (unpaired) electrons. The number of aromatic nitrogens is 2. The maximum absolute atomic E-state index is 12.1. The first-order valence-corrected chi connectivity index (χ1v) is 6.79. The molecule has 0 aliphatic carbocycles. The van der Waals surface area contributed by atoms with Crippen LogP contribution in [-0.4, -0.2) is 15.6 Å². The highest BCUT2D eigenvalue weighted by molar-refractivity contribution is 5.32. The molecule has 0 saturated carbocycles. The van der Waals surface area contributed by atoms with Crippen molar-refractivity contribution in [2.45, 2.75) is 59.5 Å². The second-order valence-electron chi connectivity index (χ2n) is 5.38. The van der Waals surface area contributed by atoms with Gasteiger partial charge in [0.15, 0.2) is 5.82 Å². The molecule has 0 aromatic carbocycles. The first kappa shape index (κ1) is 14.7. The highest BCUT2D eigenvalue weighted by Gasteiger charge is 2.11. The summed E-state index contributed by atoms with van der Waals surface area (Å²) in [5.74, 6) is 1.12. The summed E-state index contributed by atoms with van der Waals surface area (Å²) in [4.78, 5) is 16.3. The first-order valence-electron chi connectivity index (χ1n) is 6.79. The molecule has 2 atom stereocenters. The van der Waals surface area contributed by atoms with Gasteiger partial charge in [0.05, 0.1) is 0 Å². The molecule has 1 aromatic heterocycles. The van der Waals surface area contributed by atoms with Gasteiger partial charge in [-0.1, -0.05) is 20.3 Å². The van der Waals surface area contributed by atoms with Crippen LogP contribution >= 0.6 is 0 Å². The standard InChI is InChI=1S/C14H25N3O/c1-6-11(4)9-12(5)16-13-14(18)17(10(2)3)8-7-15-13/h7-8,10-12H,6,9H2,1-5H3,(H,15,16). The summed E-state index contributed by atoms with van der Waals surface area (Å²) in [7, 11) is 0. The van der Waals surface area contributed by atoms with Gasteiger partial charge in [-0.3, -0.25) is 4.79 Å². The Hall–Kier alpha value is -1.32. The minimum Gasteiger partial charge on any atom is -0.363 e. The van der Waals surface area contributed by atoms with Gasteiger partial charge >= 0.3 is 0 Å². The smallest absolute Gasteiger partial charge is 0.293 e. The Morgan fingerprint density at radius 1 is 1.33 bits per heavy atom. The lowest BCUT2D eigenvalue weighted by Gasteiger charge is -2.18. The number of nitrogens with one attached hydrogen (secondary N) is 1. The van der Waals surface area contributed by atoms with Gasteiger partial charge in [-0.15, -0.1) is 0 Å². The van der Waals surface area contributed by atoms with Crippen molar-refractivity contribution in [2.24, 2.45) is 5.92 Å². The van der Waals surface area contributed by atoms with E-state index >= 15 is 0 Å². The summed E-state index contributed by atoms with van der Waals surface area (Å²) in [6.07, 6.45) is 5.62. The fourth-order valence-corrected chi connectivity index (χ4v) is 1.99. The zero-order valence-electron chi connectivity index (χ0n) is 12.1. The van der Waals surface area contributed by atoms with Crippen LogP contribution in [0.4, 0.5) is 5.82 Å². The van der Waals surface area contributed by atoms with Crippen molar-refractivity contribution >= 4 is 5.82 Å². The first-order chi connectivity index (χ1) is 8.45. The van der Waals surface area contributed by atoms with Crippen molar-refractivity contribution in [2.75, 3.05) is 5.32 Å².